The van der Waals surface area contributed by atoms with Gasteiger partial charge in [-0.25, -0.2) is 4.79 Å². The summed E-state index contributed by atoms with van der Waals surface area (Å²) in [4.78, 5) is 15.1. The minimum atomic E-state index is -3.10. The van der Waals surface area contributed by atoms with Gasteiger partial charge in [0.2, 0.25) is 0 Å². The molecule has 0 spiro atoms. The van der Waals surface area contributed by atoms with E-state index in [4.69, 9.17) is 19.5 Å². The van der Waals surface area contributed by atoms with Crippen LogP contribution in [0.5, 0.6) is 0 Å². The summed E-state index contributed by atoms with van der Waals surface area (Å²) in [5.74, 6) is 0.168. The van der Waals surface area contributed by atoms with Gasteiger partial charge in [0.05, 0.1) is 13.2 Å². The smallest absolute Gasteiger partial charge is 0.355 e. The summed E-state index contributed by atoms with van der Waals surface area (Å²) < 4.78 is 28.2. The lowest BCUT2D eigenvalue weighted by molar-refractivity contribution is -0.0115. The highest BCUT2D eigenvalue weighted by atomic mass is 31.2. The highest BCUT2D eigenvalue weighted by Gasteiger charge is 2.32. The van der Waals surface area contributed by atoms with Crippen LogP contribution in [-0.2, 0) is 24.9 Å². The number of rotatable bonds is 3. The summed E-state index contributed by atoms with van der Waals surface area (Å²) in [6.45, 7) is 0.359. The van der Waals surface area contributed by atoms with E-state index in [1.165, 1.54) is 23.9 Å². The van der Waals surface area contributed by atoms with Crippen LogP contribution in [0.25, 0.3) is 0 Å². The Bertz CT molecular complexity index is 519. The molecular formula is C9H14N3O5P. The van der Waals surface area contributed by atoms with Crippen LogP contribution in [-0.4, -0.2) is 35.7 Å². The van der Waals surface area contributed by atoms with Crippen LogP contribution in [0.15, 0.2) is 17.1 Å². The fraction of sp³-hybridized carbons (Fsp3) is 0.556. The van der Waals surface area contributed by atoms with Crippen molar-refractivity contribution in [1.29, 1.82) is 0 Å². The second-order valence-electron chi connectivity index (χ2n) is 3.79. The largest absolute Gasteiger partial charge is 0.383 e. The van der Waals surface area contributed by atoms with Crippen molar-refractivity contribution in [2.24, 2.45) is 0 Å². The number of hydrogen-bond donors (Lipinski definition) is 1. The van der Waals surface area contributed by atoms with Crippen LogP contribution in [0.4, 0.5) is 5.82 Å². The van der Waals surface area contributed by atoms with Gasteiger partial charge in [-0.1, -0.05) is 0 Å². The standard InChI is InChI=1S/C9H14N3O5P/c1-15-18(14)6-16-7(5-17-18)4-12-3-2-8(10)11-9(12)13/h2-3,7H,4-6H2,1H3,(H2,10,11,13)/t7-,18?/m0/s1. The molecule has 0 aromatic carbocycles. The third kappa shape index (κ3) is 2.97. The SMILES string of the molecule is COP1(=O)CO[C@@H](Cn2ccc(N)nc2=O)CO1. The Morgan fingerprint density at radius 2 is 2.50 bits per heavy atom. The number of aromatic nitrogens is 2. The highest BCUT2D eigenvalue weighted by Crippen LogP contribution is 2.49. The van der Waals surface area contributed by atoms with E-state index in [1.807, 2.05) is 0 Å². The molecule has 1 unspecified atom stereocenters. The number of nitrogens with two attached hydrogens (primary N) is 1. The van der Waals surface area contributed by atoms with Gasteiger partial charge in [-0.15, -0.1) is 0 Å². The van der Waals surface area contributed by atoms with Gasteiger partial charge in [-0.2, -0.15) is 4.98 Å². The van der Waals surface area contributed by atoms with Crippen molar-refractivity contribution >= 4 is 13.4 Å². The van der Waals surface area contributed by atoms with Crippen molar-refractivity contribution < 1.29 is 18.3 Å². The molecule has 1 aromatic heterocycles. The van der Waals surface area contributed by atoms with E-state index in [2.05, 4.69) is 4.98 Å². The molecule has 1 aliphatic rings. The molecule has 0 saturated carbocycles. The maximum atomic E-state index is 11.6. The predicted molar refractivity (Wildman–Crippen MR) is 63.2 cm³/mol. The van der Waals surface area contributed by atoms with E-state index in [1.54, 1.807) is 0 Å². The average Bonchev–Trinajstić information content (AvgIpc) is 2.36. The molecule has 2 heterocycles. The Labute approximate surface area is 103 Å². The fourth-order valence-corrected chi connectivity index (χ4v) is 2.56. The number of nitrogens with zero attached hydrogens (tertiary/aromatic N) is 2. The van der Waals surface area contributed by atoms with Crippen LogP contribution in [0, 0.1) is 0 Å². The molecule has 0 bridgehead atoms. The van der Waals surface area contributed by atoms with Gasteiger partial charge in [-0.05, 0) is 6.07 Å². The predicted octanol–water partition coefficient (Wildman–Crippen LogP) is 0.0379. The van der Waals surface area contributed by atoms with Gasteiger partial charge in [0.25, 0.3) is 0 Å². The van der Waals surface area contributed by atoms with Crippen molar-refractivity contribution in [3.8, 4) is 0 Å². The molecule has 100 valence electrons. The highest BCUT2D eigenvalue weighted by molar-refractivity contribution is 7.53. The van der Waals surface area contributed by atoms with Crippen LogP contribution in [0.3, 0.4) is 0 Å². The minimum absolute atomic E-state index is 0.0991. The van der Waals surface area contributed by atoms with E-state index in [-0.39, 0.29) is 31.4 Å². The van der Waals surface area contributed by atoms with E-state index in [0.717, 1.165) is 0 Å². The first-order chi connectivity index (χ1) is 8.52. The summed E-state index contributed by atoms with van der Waals surface area (Å²) in [7, 11) is -1.80. The maximum absolute atomic E-state index is 11.6. The van der Waals surface area contributed by atoms with E-state index in [0.29, 0.717) is 0 Å². The van der Waals surface area contributed by atoms with Crippen molar-refractivity contribution in [1.82, 2.24) is 9.55 Å². The van der Waals surface area contributed by atoms with Gasteiger partial charge in [0.1, 0.15) is 18.3 Å². The molecule has 2 rings (SSSR count). The molecule has 1 aliphatic heterocycles. The monoisotopic (exact) mass is 275 g/mol. The van der Waals surface area contributed by atoms with Gasteiger partial charge in [0.15, 0.2) is 0 Å². The third-order valence-electron chi connectivity index (χ3n) is 2.50. The summed E-state index contributed by atoms with van der Waals surface area (Å²) in [6, 6.07) is 1.52. The molecule has 8 nitrogen and oxygen atoms in total. The van der Waals surface area contributed by atoms with Gasteiger partial charge in [-0.3, -0.25) is 9.13 Å². The molecule has 2 atom stereocenters. The van der Waals surface area contributed by atoms with Gasteiger partial charge >= 0.3 is 13.3 Å². The lowest BCUT2D eigenvalue weighted by Crippen LogP contribution is -2.35. The topological polar surface area (TPSA) is 106 Å². The van der Waals surface area contributed by atoms with Crippen molar-refractivity contribution in [3.05, 3.63) is 22.7 Å². The molecule has 1 saturated heterocycles. The Balaban J connectivity index is 2.00. The van der Waals surface area contributed by atoms with E-state index in [9.17, 15) is 9.36 Å². The lowest BCUT2D eigenvalue weighted by atomic mass is 10.3. The Hall–Kier alpha value is -1.21. The van der Waals surface area contributed by atoms with Crippen LogP contribution in [0.2, 0.25) is 0 Å². The number of anilines is 1. The molecule has 1 aromatic rings. The zero-order valence-electron chi connectivity index (χ0n) is 9.81. The Morgan fingerprint density at radius 3 is 3.06 bits per heavy atom. The van der Waals surface area contributed by atoms with E-state index >= 15 is 0 Å². The Morgan fingerprint density at radius 1 is 1.72 bits per heavy atom. The number of ether oxygens (including phenoxy) is 1. The van der Waals surface area contributed by atoms with E-state index < -0.39 is 13.3 Å². The molecule has 18 heavy (non-hydrogen) atoms. The zero-order valence-corrected chi connectivity index (χ0v) is 10.7. The van der Waals surface area contributed by atoms with Gasteiger partial charge in [0, 0.05) is 13.3 Å². The van der Waals surface area contributed by atoms with Gasteiger partial charge < -0.3 is 19.5 Å². The third-order valence-corrected chi connectivity index (χ3v) is 4.06. The van der Waals surface area contributed by atoms with Crippen molar-refractivity contribution in [2.75, 3.05) is 25.8 Å². The maximum Gasteiger partial charge on any atom is 0.355 e. The molecule has 0 amide bonds. The molecule has 0 radical (unpaired) electrons. The molecular weight excluding hydrogens is 261 g/mol. The molecule has 9 heteroatoms. The summed E-state index contributed by atoms with van der Waals surface area (Å²) in [5.41, 5.74) is 4.92. The normalized spacial score (nSPS) is 28.2. The van der Waals surface area contributed by atoms with Crippen molar-refractivity contribution in [2.45, 2.75) is 12.6 Å². The van der Waals surface area contributed by atoms with Crippen LogP contribution >= 0.6 is 7.60 Å². The summed E-state index contributed by atoms with van der Waals surface area (Å²) >= 11 is 0. The zero-order chi connectivity index (χ0) is 13.2. The number of hydrogen-bond acceptors (Lipinski definition) is 7. The Kier molecular flexibility index (Phi) is 3.82. The minimum Gasteiger partial charge on any atom is -0.383 e. The second-order valence-corrected chi connectivity index (χ2v) is 5.90. The van der Waals surface area contributed by atoms with Crippen LogP contribution in [0.1, 0.15) is 0 Å². The first kappa shape index (κ1) is 13.2. The molecule has 0 aliphatic carbocycles. The first-order valence-corrected chi connectivity index (χ1v) is 6.99. The molecule has 1 fully saturated rings. The van der Waals surface area contributed by atoms with Crippen molar-refractivity contribution in [3.63, 3.8) is 0 Å². The average molecular weight is 275 g/mol. The second kappa shape index (κ2) is 5.19. The first-order valence-electron chi connectivity index (χ1n) is 5.26. The summed E-state index contributed by atoms with van der Waals surface area (Å²) in [6.07, 6.45) is 1.04. The van der Waals surface area contributed by atoms with Crippen LogP contribution < -0.4 is 11.4 Å². The fourth-order valence-electron chi connectivity index (χ4n) is 1.49. The number of nitrogen functional groups attached to an aromatic ring is 1. The lowest BCUT2D eigenvalue weighted by Gasteiger charge is -2.28. The summed E-state index contributed by atoms with van der Waals surface area (Å²) in [5, 5.41) is 0. The quantitative estimate of drug-likeness (QED) is 0.776. The molecule has 2 N–H and O–H groups in total.